The minimum Gasteiger partial charge on any atom is -0.477 e. The number of hydrogen-bond acceptors (Lipinski definition) is 4. The summed E-state index contributed by atoms with van der Waals surface area (Å²) in [6.45, 7) is 6.20. The normalized spacial score (nSPS) is 11.9. The van der Waals surface area contributed by atoms with Crippen LogP contribution in [0.5, 0.6) is 5.75 Å². The maximum absolute atomic E-state index is 11.8. The van der Waals surface area contributed by atoms with Gasteiger partial charge in [0, 0.05) is 0 Å². The number of aryl methyl sites for hydroxylation is 1. The van der Waals surface area contributed by atoms with E-state index in [1.165, 1.54) is 0 Å². The second kappa shape index (κ2) is 7.67. The van der Waals surface area contributed by atoms with Crippen LogP contribution in [-0.2, 0) is 16.0 Å². The van der Waals surface area contributed by atoms with E-state index in [9.17, 15) is 4.79 Å². The lowest BCUT2D eigenvalue weighted by Crippen LogP contribution is -2.29. The maximum Gasteiger partial charge on any atom is 0.347 e. The van der Waals surface area contributed by atoms with Crippen molar-refractivity contribution in [3.63, 3.8) is 0 Å². The predicted octanol–water partition coefficient (Wildman–Crippen LogP) is 2.94. The topological polar surface area (TPSA) is 61.5 Å². The van der Waals surface area contributed by atoms with Gasteiger partial charge in [0.15, 0.2) is 6.10 Å². The molecule has 106 valence electrons. The van der Waals surface area contributed by atoms with Crippen molar-refractivity contribution in [2.75, 3.05) is 12.3 Å². The molecule has 0 aliphatic rings. The number of nitrogens with two attached hydrogens (primary N) is 1. The Balaban J connectivity index is 2.81. The van der Waals surface area contributed by atoms with Gasteiger partial charge >= 0.3 is 5.97 Å². The molecule has 0 radical (unpaired) electrons. The molecule has 1 rings (SSSR count). The molecule has 0 saturated heterocycles. The van der Waals surface area contributed by atoms with Gasteiger partial charge in [0.25, 0.3) is 0 Å². The van der Waals surface area contributed by atoms with Gasteiger partial charge in [-0.3, -0.25) is 0 Å². The van der Waals surface area contributed by atoms with E-state index in [1.807, 2.05) is 25.1 Å². The van der Waals surface area contributed by atoms with Crippen LogP contribution in [0.15, 0.2) is 18.2 Å². The maximum atomic E-state index is 11.8. The van der Waals surface area contributed by atoms with Crippen molar-refractivity contribution < 1.29 is 14.3 Å². The second-order valence-electron chi connectivity index (χ2n) is 4.37. The van der Waals surface area contributed by atoms with Crippen LogP contribution in [0.25, 0.3) is 0 Å². The number of carbonyl (C=O) groups is 1. The van der Waals surface area contributed by atoms with Crippen LogP contribution in [0.4, 0.5) is 5.69 Å². The Kier molecular flexibility index (Phi) is 6.19. The first-order valence-electron chi connectivity index (χ1n) is 6.84. The zero-order valence-corrected chi connectivity index (χ0v) is 11.9. The SMILES string of the molecule is CCCC(Oc1ccc(CC)cc1N)C(=O)OCC. The van der Waals surface area contributed by atoms with Crippen LogP contribution in [-0.4, -0.2) is 18.7 Å². The molecule has 0 aromatic heterocycles. The third-order valence-corrected chi connectivity index (χ3v) is 2.85. The summed E-state index contributed by atoms with van der Waals surface area (Å²) in [5.41, 5.74) is 7.64. The summed E-state index contributed by atoms with van der Waals surface area (Å²) in [6, 6.07) is 5.65. The summed E-state index contributed by atoms with van der Waals surface area (Å²) < 4.78 is 10.7. The molecule has 1 aromatic rings. The number of nitrogen functional groups attached to an aromatic ring is 1. The highest BCUT2D eigenvalue weighted by Gasteiger charge is 2.21. The molecule has 19 heavy (non-hydrogen) atoms. The van der Waals surface area contributed by atoms with E-state index in [0.717, 1.165) is 18.4 Å². The Morgan fingerprint density at radius 1 is 1.32 bits per heavy atom. The van der Waals surface area contributed by atoms with Crippen LogP contribution in [0.1, 0.15) is 39.2 Å². The van der Waals surface area contributed by atoms with Crippen molar-refractivity contribution in [3.8, 4) is 5.75 Å². The molecular weight excluding hydrogens is 242 g/mol. The summed E-state index contributed by atoms with van der Waals surface area (Å²) in [6.07, 6.45) is 1.80. The number of benzene rings is 1. The third-order valence-electron chi connectivity index (χ3n) is 2.85. The fourth-order valence-corrected chi connectivity index (χ4v) is 1.80. The molecule has 0 heterocycles. The number of carbonyl (C=O) groups excluding carboxylic acids is 1. The van der Waals surface area contributed by atoms with Gasteiger partial charge in [-0.15, -0.1) is 0 Å². The summed E-state index contributed by atoms with van der Waals surface area (Å²) in [4.78, 5) is 11.8. The molecule has 0 amide bonds. The van der Waals surface area contributed by atoms with Crippen LogP contribution in [0.2, 0.25) is 0 Å². The molecule has 0 aliphatic carbocycles. The summed E-state index contributed by atoms with van der Waals surface area (Å²) >= 11 is 0. The van der Waals surface area contributed by atoms with Gasteiger partial charge < -0.3 is 15.2 Å². The number of rotatable bonds is 7. The van der Waals surface area contributed by atoms with E-state index in [2.05, 4.69) is 6.92 Å². The fourth-order valence-electron chi connectivity index (χ4n) is 1.80. The highest BCUT2D eigenvalue weighted by atomic mass is 16.6. The molecule has 4 heteroatoms. The lowest BCUT2D eigenvalue weighted by atomic mass is 10.1. The van der Waals surface area contributed by atoms with Crippen molar-refractivity contribution in [2.24, 2.45) is 0 Å². The lowest BCUT2D eigenvalue weighted by Gasteiger charge is -2.18. The van der Waals surface area contributed by atoms with Crippen molar-refractivity contribution in [2.45, 2.75) is 46.1 Å². The molecule has 0 spiro atoms. The largest absolute Gasteiger partial charge is 0.477 e. The minimum atomic E-state index is -0.584. The smallest absolute Gasteiger partial charge is 0.347 e. The van der Waals surface area contributed by atoms with Gasteiger partial charge in [0.1, 0.15) is 5.75 Å². The molecule has 1 unspecified atom stereocenters. The summed E-state index contributed by atoms with van der Waals surface area (Å²) in [7, 11) is 0. The monoisotopic (exact) mass is 265 g/mol. The molecule has 0 aliphatic heterocycles. The highest BCUT2D eigenvalue weighted by Crippen LogP contribution is 2.25. The predicted molar refractivity (Wildman–Crippen MR) is 76.2 cm³/mol. The molecule has 0 bridgehead atoms. The highest BCUT2D eigenvalue weighted by molar-refractivity contribution is 5.75. The number of hydrogen-bond donors (Lipinski definition) is 1. The molecule has 0 fully saturated rings. The summed E-state index contributed by atoms with van der Waals surface area (Å²) in [5.74, 6) is 0.215. The van der Waals surface area contributed by atoms with Gasteiger partial charge in [-0.25, -0.2) is 4.79 Å². The minimum absolute atomic E-state index is 0.330. The van der Waals surface area contributed by atoms with Crippen LogP contribution < -0.4 is 10.5 Å². The third kappa shape index (κ3) is 4.47. The van der Waals surface area contributed by atoms with Crippen LogP contribution >= 0.6 is 0 Å². The van der Waals surface area contributed by atoms with E-state index in [0.29, 0.717) is 24.5 Å². The first-order chi connectivity index (χ1) is 9.12. The average Bonchev–Trinajstić information content (AvgIpc) is 2.40. The second-order valence-corrected chi connectivity index (χ2v) is 4.37. The molecule has 2 N–H and O–H groups in total. The van der Waals surface area contributed by atoms with Gasteiger partial charge in [-0.2, -0.15) is 0 Å². The lowest BCUT2D eigenvalue weighted by molar-refractivity contribution is -0.151. The first-order valence-corrected chi connectivity index (χ1v) is 6.84. The Morgan fingerprint density at radius 3 is 2.58 bits per heavy atom. The number of esters is 1. The van der Waals surface area contributed by atoms with Gasteiger partial charge in [-0.05, 0) is 37.5 Å². The van der Waals surface area contributed by atoms with E-state index in [1.54, 1.807) is 6.92 Å². The van der Waals surface area contributed by atoms with E-state index in [-0.39, 0.29) is 5.97 Å². The Bertz CT molecular complexity index is 418. The summed E-state index contributed by atoms with van der Waals surface area (Å²) in [5, 5.41) is 0. The van der Waals surface area contributed by atoms with E-state index >= 15 is 0 Å². The Labute approximate surface area is 114 Å². The molecular formula is C15H23NO3. The van der Waals surface area contributed by atoms with Crippen molar-refractivity contribution in [3.05, 3.63) is 23.8 Å². The van der Waals surface area contributed by atoms with Gasteiger partial charge in [0.05, 0.1) is 12.3 Å². The van der Waals surface area contributed by atoms with Crippen molar-refractivity contribution in [1.29, 1.82) is 0 Å². The van der Waals surface area contributed by atoms with Gasteiger partial charge in [-0.1, -0.05) is 26.3 Å². The average molecular weight is 265 g/mol. The zero-order chi connectivity index (χ0) is 14.3. The van der Waals surface area contributed by atoms with E-state index in [4.69, 9.17) is 15.2 Å². The Morgan fingerprint density at radius 2 is 2.05 bits per heavy atom. The molecule has 1 atom stereocenters. The van der Waals surface area contributed by atoms with Crippen LogP contribution in [0, 0.1) is 0 Å². The quantitative estimate of drug-likeness (QED) is 0.608. The van der Waals surface area contributed by atoms with Gasteiger partial charge in [0.2, 0.25) is 0 Å². The molecule has 0 saturated carbocycles. The van der Waals surface area contributed by atoms with Crippen LogP contribution in [0.3, 0.4) is 0 Å². The molecule has 4 nitrogen and oxygen atoms in total. The number of ether oxygens (including phenoxy) is 2. The first kappa shape index (κ1) is 15.3. The fraction of sp³-hybridized carbons (Fsp3) is 0.533. The van der Waals surface area contributed by atoms with Crippen molar-refractivity contribution >= 4 is 11.7 Å². The zero-order valence-electron chi connectivity index (χ0n) is 11.9. The standard InChI is InChI=1S/C15H23NO3/c1-4-7-14(15(17)18-6-3)19-13-9-8-11(5-2)10-12(13)16/h8-10,14H,4-7,16H2,1-3H3. The molecule has 1 aromatic carbocycles. The van der Waals surface area contributed by atoms with Crippen molar-refractivity contribution in [1.82, 2.24) is 0 Å². The Hall–Kier alpha value is -1.71. The van der Waals surface area contributed by atoms with E-state index < -0.39 is 6.10 Å². The number of anilines is 1.